The maximum Gasteiger partial charge on any atom is 0.255 e. The molecule has 7 nitrogen and oxygen atoms in total. The van der Waals surface area contributed by atoms with E-state index < -0.39 is 0 Å². The first kappa shape index (κ1) is 15.7. The molecule has 23 heavy (non-hydrogen) atoms. The molecule has 3 rings (SSSR count). The molecule has 0 aromatic carbocycles. The Morgan fingerprint density at radius 1 is 1.48 bits per heavy atom. The van der Waals surface area contributed by atoms with E-state index in [4.69, 9.17) is 4.52 Å². The van der Waals surface area contributed by atoms with Crippen LogP contribution in [0.2, 0.25) is 0 Å². The summed E-state index contributed by atoms with van der Waals surface area (Å²) in [4.78, 5) is 23.9. The first-order valence-electron chi connectivity index (χ1n) is 8.05. The standard InChI is InChI=1S/C16H23N5O2/c1-12-18-15(19-23-12)11-20(2)14-4-3-8-21(9-6-14)16(22)13-5-7-17-10-13/h5,7,10,14,17H,3-4,6,8-9,11H2,1-2H3/t14-/m1/s1. The molecule has 1 aliphatic heterocycles. The number of carbonyl (C=O) groups is 1. The molecule has 0 radical (unpaired) electrons. The van der Waals surface area contributed by atoms with Crippen LogP contribution in [0.4, 0.5) is 0 Å². The summed E-state index contributed by atoms with van der Waals surface area (Å²) in [5.74, 6) is 1.43. The molecule has 2 aromatic rings. The lowest BCUT2D eigenvalue weighted by Gasteiger charge is -2.26. The van der Waals surface area contributed by atoms with Crippen LogP contribution in [0.15, 0.2) is 23.0 Å². The highest BCUT2D eigenvalue weighted by molar-refractivity contribution is 5.94. The van der Waals surface area contributed by atoms with Crippen LogP contribution in [0.1, 0.15) is 41.3 Å². The first-order valence-corrected chi connectivity index (χ1v) is 8.05. The Hall–Kier alpha value is -2.15. The zero-order chi connectivity index (χ0) is 16.2. The van der Waals surface area contributed by atoms with Crippen molar-refractivity contribution in [3.05, 3.63) is 35.7 Å². The Morgan fingerprint density at radius 2 is 2.35 bits per heavy atom. The van der Waals surface area contributed by atoms with Gasteiger partial charge in [0.1, 0.15) is 0 Å². The minimum Gasteiger partial charge on any atom is -0.367 e. The topological polar surface area (TPSA) is 78.3 Å². The van der Waals surface area contributed by atoms with Crippen molar-refractivity contribution in [2.24, 2.45) is 0 Å². The van der Waals surface area contributed by atoms with Crippen LogP contribution in [0, 0.1) is 6.92 Å². The van der Waals surface area contributed by atoms with Gasteiger partial charge in [-0.1, -0.05) is 5.16 Å². The lowest BCUT2D eigenvalue weighted by molar-refractivity contribution is 0.0757. The van der Waals surface area contributed by atoms with Crippen molar-refractivity contribution in [3.63, 3.8) is 0 Å². The number of carbonyl (C=O) groups excluding carboxylic acids is 1. The molecule has 7 heteroatoms. The number of likely N-dealkylation sites (tertiary alicyclic amines) is 1. The summed E-state index contributed by atoms with van der Waals surface area (Å²) in [5.41, 5.74) is 0.735. The van der Waals surface area contributed by atoms with Gasteiger partial charge in [0.05, 0.1) is 12.1 Å². The average Bonchev–Trinajstić information content (AvgIpc) is 3.13. The van der Waals surface area contributed by atoms with E-state index in [0.29, 0.717) is 18.5 Å². The Kier molecular flexibility index (Phi) is 4.76. The zero-order valence-electron chi connectivity index (χ0n) is 13.7. The van der Waals surface area contributed by atoms with Crippen molar-refractivity contribution in [2.75, 3.05) is 20.1 Å². The van der Waals surface area contributed by atoms with Crippen LogP contribution in [-0.2, 0) is 6.54 Å². The Labute approximate surface area is 135 Å². The second-order valence-corrected chi connectivity index (χ2v) is 6.12. The van der Waals surface area contributed by atoms with Gasteiger partial charge in [0.25, 0.3) is 5.91 Å². The van der Waals surface area contributed by atoms with Crippen molar-refractivity contribution in [1.29, 1.82) is 0 Å². The highest BCUT2D eigenvalue weighted by Crippen LogP contribution is 2.18. The van der Waals surface area contributed by atoms with Gasteiger partial charge >= 0.3 is 0 Å². The second kappa shape index (κ2) is 6.95. The quantitative estimate of drug-likeness (QED) is 0.931. The van der Waals surface area contributed by atoms with E-state index in [1.807, 2.05) is 11.0 Å². The Bertz CT molecular complexity index is 637. The van der Waals surface area contributed by atoms with Crippen LogP contribution in [0.5, 0.6) is 0 Å². The summed E-state index contributed by atoms with van der Waals surface area (Å²) in [5, 5.41) is 3.96. The summed E-state index contributed by atoms with van der Waals surface area (Å²) in [6.07, 6.45) is 6.59. The number of aryl methyl sites for hydroxylation is 1. The molecule has 1 fully saturated rings. The summed E-state index contributed by atoms with van der Waals surface area (Å²) in [6.45, 7) is 4.07. The number of hydrogen-bond acceptors (Lipinski definition) is 5. The molecule has 1 aliphatic rings. The molecule has 1 N–H and O–H groups in total. The number of amides is 1. The SMILES string of the molecule is Cc1nc(CN(C)[C@@H]2CCCN(C(=O)c3cc[nH]c3)CC2)no1. The minimum absolute atomic E-state index is 0.114. The number of rotatable bonds is 4. The molecule has 1 saturated heterocycles. The molecular formula is C16H23N5O2. The van der Waals surface area contributed by atoms with E-state index >= 15 is 0 Å². The van der Waals surface area contributed by atoms with Gasteiger partial charge in [-0.3, -0.25) is 9.69 Å². The number of H-pyrrole nitrogens is 1. The van der Waals surface area contributed by atoms with E-state index in [2.05, 4.69) is 27.1 Å². The molecule has 1 atom stereocenters. The molecule has 0 aliphatic carbocycles. The summed E-state index contributed by atoms with van der Waals surface area (Å²) < 4.78 is 5.02. The van der Waals surface area contributed by atoms with Crippen molar-refractivity contribution >= 4 is 5.91 Å². The van der Waals surface area contributed by atoms with Gasteiger partial charge in [-0.2, -0.15) is 4.98 Å². The number of aromatic nitrogens is 3. The molecule has 2 aromatic heterocycles. The molecule has 1 amide bonds. The van der Waals surface area contributed by atoms with Gasteiger partial charge < -0.3 is 14.4 Å². The molecule has 0 unspecified atom stereocenters. The number of hydrogen-bond donors (Lipinski definition) is 1. The lowest BCUT2D eigenvalue weighted by atomic mass is 10.1. The van der Waals surface area contributed by atoms with Gasteiger partial charge in [-0.15, -0.1) is 0 Å². The summed E-state index contributed by atoms with van der Waals surface area (Å²) >= 11 is 0. The molecule has 124 valence electrons. The van der Waals surface area contributed by atoms with E-state index in [1.54, 1.807) is 19.3 Å². The molecule has 0 saturated carbocycles. The van der Waals surface area contributed by atoms with Crippen LogP contribution in [-0.4, -0.2) is 57.0 Å². The van der Waals surface area contributed by atoms with Crippen molar-refractivity contribution in [3.8, 4) is 0 Å². The largest absolute Gasteiger partial charge is 0.367 e. The highest BCUT2D eigenvalue weighted by atomic mass is 16.5. The fourth-order valence-electron chi connectivity index (χ4n) is 3.12. The molecular weight excluding hydrogens is 294 g/mol. The second-order valence-electron chi connectivity index (χ2n) is 6.12. The normalized spacial score (nSPS) is 19.1. The smallest absolute Gasteiger partial charge is 0.255 e. The number of aromatic amines is 1. The lowest BCUT2D eigenvalue weighted by Crippen LogP contribution is -2.35. The fraction of sp³-hybridized carbons (Fsp3) is 0.562. The van der Waals surface area contributed by atoms with E-state index in [1.165, 1.54) is 0 Å². The third kappa shape index (κ3) is 3.79. The number of nitrogens with zero attached hydrogens (tertiary/aromatic N) is 4. The van der Waals surface area contributed by atoms with Gasteiger partial charge in [0, 0.05) is 38.4 Å². The first-order chi connectivity index (χ1) is 11.1. The average molecular weight is 317 g/mol. The van der Waals surface area contributed by atoms with E-state index in [9.17, 15) is 4.79 Å². The third-order valence-electron chi connectivity index (χ3n) is 4.41. The van der Waals surface area contributed by atoms with Crippen LogP contribution >= 0.6 is 0 Å². The van der Waals surface area contributed by atoms with E-state index in [0.717, 1.165) is 43.7 Å². The maximum absolute atomic E-state index is 12.4. The maximum atomic E-state index is 12.4. The van der Waals surface area contributed by atoms with Crippen molar-refractivity contribution in [1.82, 2.24) is 24.9 Å². The Morgan fingerprint density at radius 3 is 3.04 bits per heavy atom. The monoisotopic (exact) mass is 317 g/mol. The van der Waals surface area contributed by atoms with Gasteiger partial charge in [-0.05, 0) is 32.4 Å². The molecule has 0 bridgehead atoms. The minimum atomic E-state index is 0.114. The summed E-state index contributed by atoms with van der Waals surface area (Å²) in [7, 11) is 2.08. The van der Waals surface area contributed by atoms with Gasteiger partial charge in [0.15, 0.2) is 5.82 Å². The zero-order valence-corrected chi connectivity index (χ0v) is 13.7. The molecule has 0 spiro atoms. The fourth-order valence-corrected chi connectivity index (χ4v) is 3.12. The Balaban J connectivity index is 1.56. The summed E-state index contributed by atoms with van der Waals surface area (Å²) in [6, 6.07) is 2.26. The number of nitrogens with one attached hydrogen (secondary N) is 1. The molecule has 3 heterocycles. The highest BCUT2D eigenvalue weighted by Gasteiger charge is 2.24. The van der Waals surface area contributed by atoms with Gasteiger partial charge in [0.2, 0.25) is 5.89 Å². The third-order valence-corrected chi connectivity index (χ3v) is 4.41. The van der Waals surface area contributed by atoms with Crippen LogP contribution in [0.25, 0.3) is 0 Å². The predicted octanol–water partition coefficient (Wildman–Crippen LogP) is 1.83. The van der Waals surface area contributed by atoms with Gasteiger partial charge in [-0.25, -0.2) is 0 Å². The van der Waals surface area contributed by atoms with E-state index in [-0.39, 0.29) is 5.91 Å². The van der Waals surface area contributed by atoms with Crippen molar-refractivity contribution in [2.45, 2.75) is 38.8 Å². The van der Waals surface area contributed by atoms with Crippen molar-refractivity contribution < 1.29 is 9.32 Å². The van der Waals surface area contributed by atoms with Crippen LogP contribution < -0.4 is 0 Å². The van der Waals surface area contributed by atoms with Crippen LogP contribution in [0.3, 0.4) is 0 Å². The predicted molar refractivity (Wildman–Crippen MR) is 84.8 cm³/mol.